The van der Waals surface area contributed by atoms with Crippen LogP contribution in [0.3, 0.4) is 0 Å². The fourth-order valence-electron chi connectivity index (χ4n) is 1.76. The minimum atomic E-state index is -0.894. The monoisotopic (exact) mass is 278 g/mol. The quantitative estimate of drug-likeness (QED) is 0.838. The van der Waals surface area contributed by atoms with E-state index in [1.165, 1.54) is 10.5 Å². The van der Waals surface area contributed by atoms with E-state index < -0.39 is 11.9 Å². The van der Waals surface area contributed by atoms with Gasteiger partial charge in [0.05, 0.1) is 5.92 Å². The molecule has 0 bridgehead atoms. The Hall–Kier alpha value is -2.04. The van der Waals surface area contributed by atoms with E-state index in [0.29, 0.717) is 13.1 Å². The average Bonchev–Trinajstić information content (AvgIpc) is 2.43. The highest BCUT2D eigenvalue weighted by Crippen LogP contribution is 2.04. The molecule has 0 aliphatic rings. The highest BCUT2D eigenvalue weighted by Gasteiger charge is 2.18. The number of nitrogens with one attached hydrogen (secondary N) is 1. The van der Waals surface area contributed by atoms with Crippen LogP contribution < -0.4 is 5.32 Å². The number of amides is 2. The molecule has 1 unspecified atom stereocenters. The minimum Gasteiger partial charge on any atom is -0.481 e. The zero-order chi connectivity index (χ0) is 15.1. The van der Waals surface area contributed by atoms with Gasteiger partial charge in [-0.2, -0.15) is 0 Å². The third kappa shape index (κ3) is 4.91. The molecule has 0 saturated carbocycles. The molecule has 2 N–H and O–H groups in total. The Kier molecular flexibility index (Phi) is 6.03. The molecule has 0 heterocycles. The molecule has 5 nitrogen and oxygen atoms in total. The molecule has 2 amide bonds. The van der Waals surface area contributed by atoms with E-state index in [9.17, 15) is 9.59 Å². The van der Waals surface area contributed by atoms with Crippen LogP contribution in [0, 0.1) is 12.8 Å². The molecule has 110 valence electrons. The Morgan fingerprint density at radius 3 is 2.40 bits per heavy atom. The molecule has 0 aromatic heterocycles. The van der Waals surface area contributed by atoms with Crippen molar-refractivity contribution in [1.82, 2.24) is 10.2 Å². The molecule has 0 fully saturated rings. The first-order valence-electron chi connectivity index (χ1n) is 6.75. The first kappa shape index (κ1) is 16.0. The highest BCUT2D eigenvalue weighted by atomic mass is 16.4. The fourth-order valence-corrected chi connectivity index (χ4v) is 1.76. The second-order valence-corrected chi connectivity index (χ2v) is 4.92. The molecule has 1 atom stereocenters. The van der Waals surface area contributed by atoms with Gasteiger partial charge < -0.3 is 15.3 Å². The predicted octanol–water partition coefficient (Wildman–Crippen LogP) is 2.25. The maximum absolute atomic E-state index is 12.0. The van der Waals surface area contributed by atoms with E-state index in [1.807, 2.05) is 38.1 Å². The number of hydrogen-bond acceptors (Lipinski definition) is 2. The number of nitrogens with zero attached hydrogens (tertiary/aromatic N) is 1. The normalized spacial score (nSPS) is 11.8. The number of carboxylic acid groups (broad SMARTS) is 1. The Bertz CT molecular complexity index is 457. The van der Waals surface area contributed by atoms with Crippen LogP contribution in [0.4, 0.5) is 4.79 Å². The first-order valence-corrected chi connectivity index (χ1v) is 6.75. The zero-order valence-electron chi connectivity index (χ0n) is 12.2. The molecule has 20 heavy (non-hydrogen) atoms. The smallest absolute Gasteiger partial charge is 0.317 e. The summed E-state index contributed by atoms with van der Waals surface area (Å²) in [7, 11) is 0. The summed E-state index contributed by atoms with van der Waals surface area (Å²) in [5, 5.41) is 11.7. The van der Waals surface area contributed by atoms with Crippen LogP contribution in [0.5, 0.6) is 0 Å². The lowest BCUT2D eigenvalue weighted by atomic mass is 10.1. The summed E-state index contributed by atoms with van der Waals surface area (Å²) in [6.07, 6.45) is 0. The lowest BCUT2D eigenvalue weighted by Crippen LogP contribution is -2.42. The number of rotatable bonds is 6. The number of carbonyl (C=O) groups excluding carboxylic acids is 1. The second-order valence-electron chi connectivity index (χ2n) is 4.92. The van der Waals surface area contributed by atoms with Crippen molar-refractivity contribution in [2.45, 2.75) is 27.3 Å². The maximum atomic E-state index is 12.0. The molecule has 1 aromatic carbocycles. The van der Waals surface area contributed by atoms with Gasteiger partial charge in [0.1, 0.15) is 0 Å². The topological polar surface area (TPSA) is 69.6 Å². The third-order valence-corrected chi connectivity index (χ3v) is 3.15. The van der Waals surface area contributed by atoms with Gasteiger partial charge in [0, 0.05) is 19.6 Å². The third-order valence-electron chi connectivity index (χ3n) is 3.15. The standard InChI is InChI=1S/C15H22N2O3/c1-4-17(10-12(3)14(18)19)15(20)16-9-13-7-5-11(2)6-8-13/h5-8,12H,4,9-10H2,1-3H3,(H,16,20)(H,18,19). The molecular formula is C15H22N2O3. The molecular weight excluding hydrogens is 256 g/mol. The van der Waals surface area contributed by atoms with Gasteiger partial charge in [-0.25, -0.2) is 4.79 Å². The summed E-state index contributed by atoms with van der Waals surface area (Å²) in [4.78, 5) is 24.3. The lowest BCUT2D eigenvalue weighted by Gasteiger charge is -2.23. The Morgan fingerprint density at radius 1 is 1.30 bits per heavy atom. The zero-order valence-corrected chi connectivity index (χ0v) is 12.2. The predicted molar refractivity (Wildman–Crippen MR) is 77.5 cm³/mol. The second kappa shape index (κ2) is 7.53. The van der Waals surface area contributed by atoms with Crippen LogP contribution in [0.15, 0.2) is 24.3 Å². The number of benzene rings is 1. The summed E-state index contributed by atoms with van der Waals surface area (Å²) in [5.74, 6) is -1.46. The minimum absolute atomic E-state index is 0.214. The van der Waals surface area contributed by atoms with E-state index in [0.717, 1.165) is 5.56 Å². The first-order chi connectivity index (χ1) is 9.43. The van der Waals surface area contributed by atoms with Crippen molar-refractivity contribution in [1.29, 1.82) is 0 Å². The van der Waals surface area contributed by atoms with E-state index in [4.69, 9.17) is 5.11 Å². The van der Waals surface area contributed by atoms with E-state index in [-0.39, 0.29) is 12.6 Å². The average molecular weight is 278 g/mol. The maximum Gasteiger partial charge on any atom is 0.317 e. The summed E-state index contributed by atoms with van der Waals surface area (Å²) in [5.41, 5.74) is 2.19. The molecule has 0 radical (unpaired) electrons. The van der Waals surface area contributed by atoms with E-state index in [2.05, 4.69) is 5.32 Å². The van der Waals surface area contributed by atoms with Crippen LogP contribution >= 0.6 is 0 Å². The SMILES string of the molecule is CCN(CC(C)C(=O)O)C(=O)NCc1ccc(C)cc1. The molecule has 0 aliphatic carbocycles. The van der Waals surface area contributed by atoms with E-state index >= 15 is 0 Å². The van der Waals surface area contributed by atoms with Crippen molar-refractivity contribution in [3.8, 4) is 0 Å². The summed E-state index contributed by atoms with van der Waals surface area (Å²) in [6.45, 7) is 6.58. The largest absolute Gasteiger partial charge is 0.481 e. The Morgan fingerprint density at radius 2 is 1.90 bits per heavy atom. The van der Waals surface area contributed by atoms with Crippen molar-refractivity contribution in [3.63, 3.8) is 0 Å². The van der Waals surface area contributed by atoms with Gasteiger partial charge in [-0.3, -0.25) is 4.79 Å². The van der Waals surface area contributed by atoms with Crippen LogP contribution in [0.2, 0.25) is 0 Å². The van der Waals surface area contributed by atoms with Gasteiger partial charge in [0.15, 0.2) is 0 Å². The summed E-state index contributed by atoms with van der Waals surface area (Å²) in [6, 6.07) is 7.68. The van der Waals surface area contributed by atoms with Crippen molar-refractivity contribution in [3.05, 3.63) is 35.4 Å². The molecule has 1 rings (SSSR count). The van der Waals surface area contributed by atoms with Gasteiger partial charge >= 0.3 is 12.0 Å². The highest BCUT2D eigenvalue weighted by molar-refractivity contribution is 5.75. The molecule has 1 aromatic rings. The molecule has 0 saturated heterocycles. The van der Waals surface area contributed by atoms with Gasteiger partial charge in [-0.1, -0.05) is 36.8 Å². The number of urea groups is 1. The molecule has 0 spiro atoms. The fraction of sp³-hybridized carbons (Fsp3) is 0.467. The van der Waals surface area contributed by atoms with Crippen molar-refractivity contribution in [2.75, 3.05) is 13.1 Å². The lowest BCUT2D eigenvalue weighted by molar-refractivity contribution is -0.141. The summed E-state index contributed by atoms with van der Waals surface area (Å²) < 4.78 is 0. The number of carbonyl (C=O) groups is 2. The van der Waals surface area contributed by atoms with Gasteiger partial charge in [-0.05, 0) is 19.4 Å². The Balaban J connectivity index is 2.51. The number of hydrogen-bond donors (Lipinski definition) is 2. The van der Waals surface area contributed by atoms with Crippen LogP contribution in [0.1, 0.15) is 25.0 Å². The Labute approximate surface area is 119 Å². The number of aliphatic carboxylic acids is 1. The van der Waals surface area contributed by atoms with E-state index in [1.54, 1.807) is 6.92 Å². The number of carboxylic acids is 1. The summed E-state index contributed by atoms with van der Waals surface area (Å²) >= 11 is 0. The van der Waals surface area contributed by atoms with Crippen molar-refractivity contribution >= 4 is 12.0 Å². The van der Waals surface area contributed by atoms with Crippen molar-refractivity contribution < 1.29 is 14.7 Å². The molecule has 5 heteroatoms. The van der Waals surface area contributed by atoms with Crippen LogP contribution in [0.25, 0.3) is 0 Å². The van der Waals surface area contributed by atoms with Gasteiger partial charge in [0.2, 0.25) is 0 Å². The van der Waals surface area contributed by atoms with Crippen molar-refractivity contribution in [2.24, 2.45) is 5.92 Å². The van der Waals surface area contributed by atoms with Gasteiger partial charge in [0.25, 0.3) is 0 Å². The van der Waals surface area contributed by atoms with Crippen LogP contribution in [-0.2, 0) is 11.3 Å². The molecule has 0 aliphatic heterocycles. The van der Waals surface area contributed by atoms with Crippen LogP contribution in [-0.4, -0.2) is 35.1 Å². The number of aryl methyl sites for hydroxylation is 1. The van der Waals surface area contributed by atoms with Gasteiger partial charge in [-0.15, -0.1) is 0 Å².